The molecule has 3 unspecified atom stereocenters. The summed E-state index contributed by atoms with van der Waals surface area (Å²) in [5, 5.41) is 2.71. The number of pyridine rings is 2. The minimum absolute atomic E-state index is 0.558. The number of hydrogen-bond acceptors (Lipinski definition) is 2. The number of rotatable bonds is 3. The van der Waals surface area contributed by atoms with Crippen LogP contribution in [0.3, 0.4) is 0 Å². The average molecular weight is 533 g/mol. The maximum Gasteiger partial charge on any atom is 0.0780 e. The molecule has 3 aromatic carbocycles. The molecule has 4 bridgehead atoms. The van der Waals surface area contributed by atoms with Crippen LogP contribution in [-0.2, 0) is 0 Å². The van der Waals surface area contributed by atoms with Gasteiger partial charge in [0, 0.05) is 28.9 Å². The van der Waals surface area contributed by atoms with Crippen LogP contribution in [-0.4, -0.2) is 9.97 Å². The average Bonchev–Trinajstić information content (AvgIpc) is 3.04. The third-order valence-electron chi connectivity index (χ3n) is 11.2. The number of hydrogen-bond donors (Lipinski definition) is 0. The van der Waals surface area contributed by atoms with Gasteiger partial charge >= 0.3 is 0 Å². The van der Waals surface area contributed by atoms with E-state index in [-0.39, 0.29) is 0 Å². The van der Waals surface area contributed by atoms with Crippen molar-refractivity contribution in [3.05, 3.63) is 119 Å². The van der Waals surface area contributed by atoms with E-state index in [0.717, 1.165) is 23.2 Å². The van der Waals surface area contributed by atoms with E-state index in [1.165, 1.54) is 78.0 Å². The Morgan fingerprint density at radius 1 is 0.537 bits per heavy atom. The fourth-order valence-electron chi connectivity index (χ4n) is 9.24. The molecule has 0 aliphatic heterocycles. The van der Waals surface area contributed by atoms with Crippen molar-refractivity contribution in [2.24, 2.45) is 0 Å². The Morgan fingerprint density at radius 3 is 2.15 bits per heavy atom. The van der Waals surface area contributed by atoms with Gasteiger partial charge in [-0.1, -0.05) is 42.5 Å². The highest BCUT2D eigenvalue weighted by Crippen LogP contribution is 2.57. The number of aromatic nitrogens is 2. The first kappa shape index (κ1) is 23.9. The molecule has 0 spiro atoms. The van der Waals surface area contributed by atoms with E-state index in [4.69, 9.17) is 4.98 Å². The van der Waals surface area contributed by atoms with Crippen molar-refractivity contribution in [3.63, 3.8) is 0 Å². The van der Waals surface area contributed by atoms with Crippen molar-refractivity contribution >= 4 is 10.8 Å². The van der Waals surface area contributed by atoms with Crippen molar-refractivity contribution in [1.29, 1.82) is 0 Å². The molecule has 6 aliphatic carbocycles. The van der Waals surface area contributed by atoms with Crippen LogP contribution in [0.1, 0.15) is 108 Å². The standard InChI is InChI=1S/C39H36N2/c1-23-15-17-40-38(19-23)27-10-14-31-32-13-9-26(36(31)21-27)20-37(32)30-3-2-4-34-33(30)16-18-41-39(34)28-11-12-29-24-5-7-25(8-6-24)35(29)22-28/h2-4,10-12,14-19,21-22,24-26,32,37H,5-9,13,20H2,1H3. The van der Waals surface area contributed by atoms with E-state index in [1.807, 2.05) is 6.20 Å². The smallest absolute Gasteiger partial charge is 0.0780 e. The van der Waals surface area contributed by atoms with E-state index in [1.54, 1.807) is 22.3 Å². The topological polar surface area (TPSA) is 25.8 Å². The van der Waals surface area contributed by atoms with Gasteiger partial charge in [0.1, 0.15) is 0 Å². The van der Waals surface area contributed by atoms with Gasteiger partial charge in [-0.05, 0) is 151 Å². The van der Waals surface area contributed by atoms with Gasteiger partial charge in [-0.25, -0.2) is 0 Å². The van der Waals surface area contributed by atoms with Crippen LogP contribution in [0.5, 0.6) is 0 Å². The first-order chi connectivity index (χ1) is 20.2. The molecular formula is C39H36N2. The highest BCUT2D eigenvalue weighted by Gasteiger charge is 2.41. The Bertz CT molecular complexity index is 1830. The van der Waals surface area contributed by atoms with Gasteiger partial charge in [-0.2, -0.15) is 0 Å². The molecule has 0 N–H and O–H groups in total. The Morgan fingerprint density at radius 2 is 1.27 bits per heavy atom. The largest absolute Gasteiger partial charge is 0.256 e. The summed E-state index contributed by atoms with van der Waals surface area (Å²) in [6.07, 6.45) is 13.3. The number of benzene rings is 3. The molecule has 11 rings (SSSR count). The molecule has 2 heteroatoms. The minimum Gasteiger partial charge on any atom is -0.256 e. The van der Waals surface area contributed by atoms with Gasteiger partial charge in [0.25, 0.3) is 0 Å². The van der Waals surface area contributed by atoms with Gasteiger partial charge in [0.2, 0.25) is 0 Å². The van der Waals surface area contributed by atoms with E-state index in [0.29, 0.717) is 17.8 Å². The van der Waals surface area contributed by atoms with E-state index >= 15 is 0 Å². The number of fused-ring (bicyclic) bond motifs is 5. The molecule has 5 aromatic rings. The van der Waals surface area contributed by atoms with Gasteiger partial charge in [0.15, 0.2) is 0 Å². The first-order valence-electron chi connectivity index (χ1n) is 15.8. The summed E-state index contributed by atoms with van der Waals surface area (Å²) in [5.41, 5.74) is 14.0. The first-order valence-corrected chi connectivity index (χ1v) is 15.8. The van der Waals surface area contributed by atoms with E-state index in [2.05, 4.69) is 90.9 Å². The summed E-state index contributed by atoms with van der Waals surface area (Å²) in [6, 6.07) is 28.1. The predicted octanol–water partition coefficient (Wildman–Crippen LogP) is 10.2. The maximum absolute atomic E-state index is 5.00. The van der Waals surface area contributed by atoms with Crippen molar-refractivity contribution in [1.82, 2.24) is 9.97 Å². The molecule has 6 aliphatic rings. The maximum atomic E-state index is 5.00. The Balaban J connectivity index is 1.11. The lowest BCUT2D eigenvalue weighted by atomic mass is 9.59. The summed E-state index contributed by atoms with van der Waals surface area (Å²) < 4.78 is 0. The monoisotopic (exact) mass is 532 g/mol. The predicted molar refractivity (Wildman–Crippen MR) is 168 cm³/mol. The van der Waals surface area contributed by atoms with E-state index < -0.39 is 0 Å². The summed E-state index contributed by atoms with van der Waals surface area (Å²) in [7, 11) is 0. The van der Waals surface area contributed by atoms with E-state index in [9.17, 15) is 0 Å². The van der Waals surface area contributed by atoms with Crippen LogP contribution < -0.4 is 0 Å². The van der Waals surface area contributed by atoms with Crippen LogP contribution >= 0.6 is 0 Å². The zero-order valence-electron chi connectivity index (χ0n) is 23.8. The Hall–Kier alpha value is -3.78. The molecule has 2 saturated carbocycles. The van der Waals surface area contributed by atoms with Crippen LogP contribution in [0.2, 0.25) is 0 Å². The lowest BCUT2D eigenvalue weighted by Gasteiger charge is -2.45. The second kappa shape index (κ2) is 9.11. The third-order valence-corrected chi connectivity index (χ3v) is 11.2. The molecule has 2 heterocycles. The molecule has 2 nitrogen and oxygen atoms in total. The van der Waals surface area contributed by atoms with Crippen LogP contribution in [0, 0.1) is 6.92 Å². The SMILES string of the molecule is Cc1ccnc(-c2ccc3c(c2)C2CCC3C(c3cccc4c(-c5ccc6c(c5)C5CCC6CC5)nccc34)C2)c1. The molecule has 202 valence electrons. The molecule has 2 fully saturated rings. The normalized spacial score (nSPS) is 25.7. The van der Waals surface area contributed by atoms with Crippen molar-refractivity contribution < 1.29 is 0 Å². The molecule has 41 heavy (non-hydrogen) atoms. The summed E-state index contributed by atoms with van der Waals surface area (Å²) in [6.45, 7) is 2.15. The summed E-state index contributed by atoms with van der Waals surface area (Å²) >= 11 is 0. The summed E-state index contributed by atoms with van der Waals surface area (Å²) in [4.78, 5) is 9.68. The highest BCUT2D eigenvalue weighted by molar-refractivity contribution is 5.97. The van der Waals surface area contributed by atoms with Crippen molar-refractivity contribution in [2.75, 3.05) is 0 Å². The van der Waals surface area contributed by atoms with Crippen molar-refractivity contribution in [3.8, 4) is 22.5 Å². The lowest BCUT2D eigenvalue weighted by Crippen LogP contribution is -2.28. The molecule has 2 aromatic heterocycles. The lowest BCUT2D eigenvalue weighted by molar-refractivity contribution is 0.314. The highest BCUT2D eigenvalue weighted by atomic mass is 14.7. The van der Waals surface area contributed by atoms with Crippen LogP contribution in [0.15, 0.2) is 85.2 Å². The second-order valence-electron chi connectivity index (χ2n) is 13.3. The molecule has 3 atom stereocenters. The Kier molecular flexibility index (Phi) is 5.31. The zero-order chi connectivity index (χ0) is 27.1. The third kappa shape index (κ3) is 3.69. The van der Waals surface area contributed by atoms with Crippen LogP contribution in [0.4, 0.5) is 0 Å². The number of aryl methyl sites for hydroxylation is 1. The number of nitrogens with zero attached hydrogens (tertiary/aromatic N) is 2. The van der Waals surface area contributed by atoms with Gasteiger partial charge in [0.05, 0.1) is 11.4 Å². The van der Waals surface area contributed by atoms with Gasteiger partial charge < -0.3 is 0 Å². The molecular weight excluding hydrogens is 496 g/mol. The quantitative estimate of drug-likeness (QED) is 0.231. The van der Waals surface area contributed by atoms with Crippen LogP contribution in [0.25, 0.3) is 33.3 Å². The second-order valence-corrected chi connectivity index (χ2v) is 13.3. The fraction of sp³-hybridized carbons (Fsp3) is 0.333. The zero-order valence-corrected chi connectivity index (χ0v) is 23.8. The molecule has 0 saturated heterocycles. The van der Waals surface area contributed by atoms with Crippen molar-refractivity contribution in [2.45, 2.75) is 81.5 Å². The molecule has 0 radical (unpaired) electrons. The fourth-order valence-corrected chi connectivity index (χ4v) is 9.24. The Labute approximate surface area is 242 Å². The minimum atomic E-state index is 0.558. The van der Waals surface area contributed by atoms with Gasteiger partial charge in [-0.3, -0.25) is 9.97 Å². The molecule has 0 amide bonds. The van der Waals surface area contributed by atoms with Gasteiger partial charge in [-0.15, -0.1) is 0 Å². The summed E-state index contributed by atoms with van der Waals surface area (Å²) in [5.74, 6) is 3.29.